The molecule has 4 aromatic rings. The predicted octanol–water partition coefficient (Wildman–Crippen LogP) is 4.80. The molecule has 7 nitrogen and oxygen atoms in total. The predicted molar refractivity (Wildman–Crippen MR) is 135 cm³/mol. The average molecular weight is 467 g/mol. The van der Waals surface area contributed by atoms with Crippen LogP contribution in [0.15, 0.2) is 60.8 Å². The van der Waals surface area contributed by atoms with Crippen LogP contribution < -0.4 is 0 Å². The van der Waals surface area contributed by atoms with Crippen LogP contribution in [0.3, 0.4) is 0 Å². The van der Waals surface area contributed by atoms with Crippen molar-refractivity contribution in [1.82, 2.24) is 29.7 Å². The molecule has 1 aliphatic heterocycles. The highest BCUT2D eigenvalue weighted by molar-refractivity contribution is 6.00. The fourth-order valence-electron chi connectivity index (χ4n) is 5.33. The van der Waals surface area contributed by atoms with Crippen molar-refractivity contribution in [2.45, 2.75) is 51.5 Å². The van der Waals surface area contributed by atoms with Gasteiger partial charge in [0.15, 0.2) is 0 Å². The van der Waals surface area contributed by atoms with Crippen molar-refractivity contribution in [2.24, 2.45) is 0 Å². The van der Waals surface area contributed by atoms with E-state index >= 15 is 0 Å². The third-order valence-electron chi connectivity index (χ3n) is 7.34. The second kappa shape index (κ2) is 9.13. The summed E-state index contributed by atoms with van der Waals surface area (Å²) in [7, 11) is 0. The lowest BCUT2D eigenvalue weighted by Gasteiger charge is -2.32. The fourth-order valence-corrected chi connectivity index (χ4v) is 5.33. The average Bonchev–Trinajstić information content (AvgIpc) is 3.55. The van der Waals surface area contributed by atoms with Crippen molar-refractivity contribution >= 4 is 5.91 Å². The van der Waals surface area contributed by atoms with Crippen molar-refractivity contribution in [2.75, 3.05) is 13.1 Å². The van der Waals surface area contributed by atoms with Gasteiger partial charge in [-0.15, -0.1) is 5.10 Å². The molecular formula is C28H30N6O. The second-order valence-corrected chi connectivity index (χ2v) is 9.70. The molecule has 2 aromatic heterocycles. The molecule has 0 atom stereocenters. The van der Waals surface area contributed by atoms with E-state index in [2.05, 4.69) is 34.1 Å². The SMILES string of the molecule is Cc1ccc(-n2cc(C(=O)N3CCC(n4nnc5c4CCCC5)CC3)c(-c3ccccc3)n2)cc1. The quantitative estimate of drug-likeness (QED) is 0.433. The van der Waals surface area contributed by atoms with Gasteiger partial charge in [-0.2, -0.15) is 5.10 Å². The summed E-state index contributed by atoms with van der Waals surface area (Å²) in [4.78, 5) is 15.7. The van der Waals surface area contributed by atoms with Crippen molar-refractivity contribution in [1.29, 1.82) is 0 Å². The number of nitrogens with zero attached hydrogens (tertiary/aromatic N) is 6. The maximum Gasteiger partial charge on any atom is 0.257 e. The molecule has 1 saturated heterocycles. The molecule has 1 aliphatic carbocycles. The minimum Gasteiger partial charge on any atom is -0.338 e. The Hall–Kier alpha value is -3.74. The topological polar surface area (TPSA) is 68.8 Å². The van der Waals surface area contributed by atoms with Gasteiger partial charge in [-0.05, 0) is 57.6 Å². The second-order valence-electron chi connectivity index (χ2n) is 9.70. The summed E-state index contributed by atoms with van der Waals surface area (Å²) in [5.74, 6) is 0.0429. The van der Waals surface area contributed by atoms with Crippen LogP contribution >= 0.6 is 0 Å². The standard InChI is InChI=1S/C28H30N6O/c1-20-11-13-22(14-12-20)33-19-24(27(30-33)21-7-3-2-4-8-21)28(35)32-17-15-23(16-18-32)34-26-10-6-5-9-25(26)29-31-34/h2-4,7-8,11-14,19,23H,5-6,9-10,15-18H2,1H3. The van der Waals surface area contributed by atoms with Crippen molar-refractivity contribution in [3.63, 3.8) is 0 Å². The molecule has 1 amide bonds. The van der Waals surface area contributed by atoms with Crippen LogP contribution in [0.2, 0.25) is 0 Å². The van der Waals surface area contributed by atoms with Gasteiger partial charge in [-0.3, -0.25) is 4.79 Å². The first-order valence-corrected chi connectivity index (χ1v) is 12.6. The lowest BCUT2D eigenvalue weighted by molar-refractivity contribution is 0.0688. The molecule has 0 saturated carbocycles. The van der Waals surface area contributed by atoms with Gasteiger partial charge in [0, 0.05) is 24.8 Å². The number of likely N-dealkylation sites (tertiary alicyclic amines) is 1. The maximum atomic E-state index is 13.8. The van der Waals surface area contributed by atoms with Gasteiger partial charge in [0.25, 0.3) is 5.91 Å². The van der Waals surface area contributed by atoms with Crippen LogP contribution in [0.4, 0.5) is 0 Å². The Morgan fingerprint density at radius 3 is 2.46 bits per heavy atom. The van der Waals surface area contributed by atoms with Crippen LogP contribution in [-0.4, -0.2) is 48.7 Å². The minimum atomic E-state index is 0.0429. The number of hydrogen-bond acceptors (Lipinski definition) is 4. The molecule has 3 heterocycles. The number of piperidine rings is 1. The van der Waals surface area contributed by atoms with Crippen LogP contribution in [0, 0.1) is 6.92 Å². The van der Waals surface area contributed by atoms with E-state index in [0.29, 0.717) is 24.7 Å². The first kappa shape index (κ1) is 21.8. The van der Waals surface area contributed by atoms with Gasteiger partial charge >= 0.3 is 0 Å². The summed E-state index contributed by atoms with van der Waals surface area (Å²) in [5, 5.41) is 13.8. The molecule has 6 rings (SSSR count). The zero-order chi connectivity index (χ0) is 23.8. The Bertz CT molecular complexity index is 1330. The normalized spacial score (nSPS) is 16.3. The molecule has 0 spiro atoms. The first-order chi connectivity index (χ1) is 17.2. The summed E-state index contributed by atoms with van der Waals surface area (Å²) in [6.07, 6.45) is 8.21. The van der Waals surface area contributed by atoms with Gasteiger partial charge in [-0.1, -0.05) is 53.2 Å². The number of fused-ring (bicyclic) bond motifs is 1. The molecule has 35 heavy (non-hydrogen) atoms. The summed E-state index contributed by atoms with van der Waals surface area (Å²) >= 11 is 0. The van der Waals surface area contributed by atoms with Gasteiger partial charge in [0.05, 0.1) is 28.7 Å². The number of carbonyl (C=O) groups excluding carboxylic acids is 1. The zero-order valence-electron chi connectivity index (χ0n) is 20.1. The molecule has 0 radical (unpaired) electrons. The Balaban J connectivity index is 1.25. The Morgan fingerprint density at radius 2 is 1.69 bits per heavy atom. The Kier molecular flexibility index (Phi) is 5.68. The lowest BCUT2D eigenvalue weighted by Crippen LogP contribution is -2.39. The molecule has 0 bridgehead atoms. The van der Waals surface area contributed by atoms with Gasteiger partial charge in [0.2, 0.25) is 0 Å². The number of amides is 1. The Labute approximate surface area is 205 Å². The third kappa shape index (κ3) is 4.16. The smallest absolute Gasteiger partial charge is 0.257 e. The van der Waals surface area contributed by atoms with Crippen LogP contribution in [0.5, 0.6) is 0 Å². The number of carbonyl (C=O) groups is 1. The summed E-state index contributed by atoms with van der Waals surface area (Å²) in [5.41, 5.74) is 6.94. The highest BCUT2D eigenvalue weighted by Crippen LogP contribution is 2.30. The fraction of sp³-hybridized carbons (Fsp3) is 0.357. The Morgan fingerprint density at radius 1 is 0.943 bits per heavy atom. The summed E-state index contributed by atoms with van der Waals surface area (Å²) < 4.78 is 3.98. The molecular weight excluding hydrogens is 436 g/mol. The number of hydrogen-bond donors (Lipinski definition) is 0. The summed E-state index contributed by atoms with van der Waals surface area (Å²) in [6.45, 7) is 3.49. The van der Waals surface area contributed by atoms with E-state index in [4.69, 9.17) is 5.10 Å². The van der Waals surface area contributed by atoms with Gasteiger partial charge in [0.1, 0.15) is 5.69 Å². The van der Waals surface area contributed by atoms with Crippen molar-refractivity contribution < 1.29 is 4.79 Å². The minimum absolute atomic E-state index is 0.0429. The molecule has 0 unspecified atom stereocenters. The first-order valence-electron chi connectivity index (χ1n) is 12.6. The lowest BCUT2D eigenvalue weighted by atomic mass is 9.98. The largest absolute Gasteiger partial charge is 0.338 e. The van der Waals surface area contributed by atoms with Crippen LogP contribution in [-0.2, 0) is 12.8 Å². The number of rotatable bonds is 4. The highest BCUT2D eigenvalue weighted by atomic mass is 16.2. The number of aromatic nitrogens is 5. The van der Waals surface area contributed by atoms with E-state index < -0.39 is 0 Å². The zero-order valence-corrected chi connectivity index (χ0v) is 20.1. The number of benzene rings is 2. The van der Waals surface area contributed by atoms with E-state index in [1.807, 2.05) is 58.2 Å². The molecule has 0 N–H and O–H groups in total. The maximum absolute atomic E-state index is 13.8. The molecule has 7 heteroatoms. The van der Waals surface area contributed by atoms with Crippen LogP contribution in [0.1, 0.15) is 59.0 Å². The molecule has 2 aromatic carbocycles. The monoisotopic (exact) mass is 466 g/mol. The van der Waals surface area contributed by atoms with Gasteiger partial charge in [-0.25, -0.2) is 9.36 Å². The third-order valence-corrected chi connectivity index (χ3v) is 7.34. The summed E-state index contributed by atoms with van der Waals surface area (Å²) in [6, 6.07) is 18.5. The van der Waals surface area contributed by atoms with Crippen molar-refractivity contribution in [3.05, 3.63) is 83.3 Å². The van der Waals surface area contributed by atoms with Crippen molar-refractivity contribution in [3.8, 4) is 16.9 Å². The molecule has 1 fully saturated rings. The van der Waals surface area contributed by atoms with E-state index in [0.717, 1.165) is 42.6 Å². The van der Waals surface area contributed by atoms with Crippen LogP contribution in [0.25, 0.3) is 16.9 Å². The van der Waals surface area contributed by atoms with Gasteiger partial charge < -0.3 is 4.90 Å². The molecule has 178 valence electrons. The van der Waals surface area contributed by atoms with E-state index in [9.17, 15) is 4.79 Å². The van der Waals surface area contributed by atoms with E-state index in [-0.39, 0.29) is 5.91 Å². The highest BCUT2D eigenvalue weighted by Gasteiger charge is 2.30. The number of aryl methyl sites for hydroxylation is 2. The molecule has 2 aliphatic rings. The van der Waals surface area contributed by atoms with E-state index in [1.165, 1.54) is 29.8 Å². The van der Waals surface area contributed by atoms with E-state index in [1.54, 1.807) is 0 Å².